The fraction of sp³-hybridized carbons (Fsp3) is 0.611. The van der Waals surface area contributed by atoms with Crippen molar-refractivity contribution in [1.82, 2.24) is 9.62 Å². The molecule has 1 atom stereocenters. The summed E-state index contributed by atoms with van der Waals surface area (Å²) in [5, 5.41) is 2.96. The Labute approximate surface area is 151 Å². The Morgan fingerprint density at radius 3 is 2.72 bits per heavy atom. The predicted octanol–water partition coefficient (Wildman–Crippen LogP) is 1.69. The van der Waals surface area contributed by atoms with Crippen molar-refractivity contribution in [3.63, 3.8) is 0 Å². The monoisotopic (exact) mass is 367 g/mol. The van der Waals surface area contributed by atoms with Gasteiger partial charge in [-0.1, -0.05) is 18.2 Å². The number of anilines is 1. The zero-order chi connectivity index (χ0) is 18.3. The molecule has 0 aromatic heterocycles. The number of rotatable bonds is 8. The average Bonchev–Trinajstić information content (AvgIpc) is 2.65. The average molecular weight is 368 g/mol. The first kappa shape index (κ1) is 19.7. The number of hydrogen-bond donors (Lipinski definition) is 1. The van der Waals surface area contributed by atoms with Crippen LogP contribution < -0.4 is 10.2 Å². The summed E-state index contributed by atoms with van der Waals surface area (Å²) in [7, 11) is -1.17. The van der Waals surface area contributed by atoms with E-state index >= 15 is 0 Å². The second-order valence-electron chi connectivity index (χ2n) is 6.50. The van der Waals surface area contributed by atoms with Crippen molar-refractivity contribution < 1.29 is 13.2 Å². The maximum Gasteiger partial charge on any atom is 0.224 e. The first-order chi connectivity index (χ1) is 11.9. The summed E-state index contributed by atoms with van der Waals surface area (Å²) in [6.07, 6.45) is 2.35. The molecule has 7 heteroatoms. The number of nitrogens with zero attached hydrogens (tertiary/aromatic N) is 2. The van der Waals surface area contributed by atoms with E-state index in [1.54, 1.807) is 6.92 Å². The van der Waals surface area contributed by atoms with Gasteiger partial charge < -0.3 is 10.2 Å². The minimum atomic E-state index is -3.21. The molecule has 0 radical (unpaired) electrons. The van der Waals surface area contributed by atoms with Gasteiger partial charge in [-0.05, 0) is 38.3 Å². The van der Waals surface area contributed by atoms with E-state index in [0.717, 1.165) is 31.5 Å². The molecule has 140 valence electrons. The van der Waals surface area contributed by atoms with Gasteiger partial charge in [0.05, 0.1) is 11.7 Å². The number of sulfonamides is 1. The standard InChI is InChI=1S/C18H29N3O3S/c1-3-25(23,24)21-14-7-9-16(15-21)18(22)19-12-8-13-20(2)17-10-5-4-6-11-17/h4-6,10-11,16H,3,7-9,12-15H2,1-2H3,(H,19,22)/t16-/m1/s1. The third kappa shape index (κ3) is 5.71. The van der Waals surface area contributed by atoms with Crippen molar-refractivity contribution >= 4 is 21.6 Å². The number of hydrogen-bond acceptors (Lipinski definition) is 4. The van der Waals surface area contributed by atoms with Crippen LogP contribution in [0.3, 0.4) is 0 Å². The smallest absolute Gasteiger partial charge is 0.224 e. The van der Waals surface area contributed by atoms with E-state index in [9.17, 15) is 13.2 Å². The molecule has 25 heavy (non-hydrogen) atoms. The topological polar surface area (TPSA) is 69.7 Å². The van der Waals surface area contributed by atoms with Crippen molar-refractivity contribution in [1.29, 1.82) is 0 Å². The third-order valence-corrected chi connectivity index (χ3v) is 6.53. The molecule has 0 bridgehead atoms. The van der Waals surface area contributed by atoms with Gasteiger partial charge in [0, 0.05) is 38.9 Å². The van der Waals surface area contributed by atoms with E-state index in [1.165, 1.54) is 4.31 Å². The highest BCUT2D eigenvalue weighted by molar-refractivity contribution is 7.89. The number of piperidine rings is 1. The van der Waals surface area contributed by atoms with E-state index in [1.807, 2.05) is 25.2 Å². The van der Waals surface area contributed by atoms with Crippen LogP contribution in [0, 0.1) is 5.92 Å². The first-order valence-corrected chi connectivity index (χ1v) is 10.6. The van der Waals surface area contributed by atoms with E-state index in [0.29, 0.717) is 19.6 Å². The molecule has 1 aromatic carbocycles. The number of carbonyl (C=O) groups excluding carboxylic acids is 1. The lowest BCUT2D eigenvalue weighted by Crippen LogP contribution is -2.46. The van der Waals surface area contributed by atoms with E-state index in [-0.39, 0.29) is 17.6 Å². The molecule has 2 rings (SSSR count). The number of nitrogens with one attached hydrogen (secondary N) is 1. The van der Waals surface area contributed by atoms with Crippen LogP contribution in [0.4, 0.5) is 5.69 Å². The van der Waals surface area contributed by atoms with Gasteiger partial charge >= 0.3 is 0 Å². The van der Waals surface area contributed by atoms with Crippen LogP contribution in [-0.2, 0) is 14.8 Å². The number of carbonyl (C=O) groups is 1. The summed E-state index contributed by atoms with van der Waals surface area (Å²) in [4.78, 5) is 14.5. The molecule has 1 aromatic rings. The van der Waals surface area contributed by atoms with Crippen LogP contribution in [0.2, 0.25) is 0 Å². The second-order valence-corrected chi connectivity index (χ2v) is 8.76. The van der Waals surface area contributed by atoms with Crippen molar-refractivity contribution in [2.24, 2.45) is 5.92 Å². The summed E-state index contributed by atoms with van der Waals surface area (Å²) in [6.45, 7) is 3.94. The third-order valence-electron chi connectivity index (χ3n) is 4.68. The highest BCUT2D eigenvalue weighted by Gasteiger charge is 2.31. The summed E-state index contributed by atoms with van der Waals surface area (Å²) in [5.41, 5.74) is 1.15. The van der Waals surface area contributed by atoms with Crippen LogP contribution in [0.1, 0.15) is 26.2 Å². The normalized spacial score (nSPS) is 18.7. The van der Waals surface area contributed by atoms with E-state index in [2.05, 4.69) is 22.3 Å². The molecule has 6 nitrogen and oxygen atoms in total. The minimum Gasteiger partial charge on any atom is -0.375 e. The summed E-state index contributed by atoms with van der Waals surface area (Å²) in [6, 6.07) is 10.1. The molecule has 1 aliphatic rings. The van der Waals surface area contributed by atoms with Crippen LogP contribution in [0.25, 0.3) is 0 Å². The van der Waals surface area contributed by atoms with E-state index < -0.39 is 10.0 Å². The molecule has 0 unspecified atom stereocenters. The van der Waals surface area contributed by atoms with Crippen molar-refractivity contribution in [3.05, 3.63) is 30.3 Å². The van der Waals surface area contributed by atoms with Gasteiger partial charge in [-0.2, -0.15) is 0 Å². The van der Waals surface area contributed by atoms with Gasteiger partial charge in [-0.15, -0.1) is 0 Å². The summed E-state index contributed by atoms with van der Waals surface area (Å²) >= 11 is 0. The SMILES string of the molecule is CCS(=O)(=O)N1CCC[C@@H](C(=O)NCCCN(C)c2ccccc2)C1. The van der Waals surface area contributed by atoms with Crippen molar-refractivity contribution in [3.8, 4) is 0 Å². The second kappa shape index (κ2) is 9.20. The molecule has 1 saturated heterocycles. The Morgan fingerprint density at radius 2 is 2.04 bits per heavy atom. The molecular formula is C18H29N3O3S. The van der Waals surface area contributed by atoms with Gasteiger partial charge in [0.1, 0.15) is 0 Å². The molecule has 0 saturated carbocycles. The van der Waals surface area contributed by atoms with Crippen LogP contribution in [0.5, 0.6) is 0 Å². The Morgan fingerprint density at radius 1 is 1.32 bits per heavy atom. The summed E-state index contributed by atoms with van der Waals surface area (Å²) < 4.78 is 25.4. The molecule has 0 spiro atoms. The molecule has 0 aliphatic carbocycles. The summed E-state index contributed by atoms with van der Waals surface area (Å²) in [5.74, 6) is -0.173. The van der Waals surface area contributed by atoms with E-state index in [4.69, 9.17) is 0 Å². The van der Waals surface area contributed by atoms with Gasteiger partial charge in [0.25, 0.3) is 0 Å². The number of benzene rings is 1. The Hall–Kier alpha value is -1.60. The van der Waals surface area contributed by atoms with Crippen LogP contribution in [0.15, 0.2) is 30.3 Å². The van der Waals surface area contributed by atoms with Crippen LogP contribution >= 0.6 is 0 Å². The van der Waals surface area contributed by atoms with Gasteiger partial charge in [-0.25, -0.2) is 12.7 Å². The fourth-order valence-electron chi connectivity index (χ4n) is 3.08. The maximum absolute atomic E-state index is 12.3. The lowest BCUT2D eigenvalue weighted by atomic mass is 9.99. The number of amides is 1. The lowest BCUT2D eigenvalue weighted by molar-refractivity contribution is -0.126. The fourth-order valence-corrected chi connectivity index (χ4v) is 4.25. The minimum absolute atomic E-state index is 0.0293. The van der Waals surface area contributed by atoms with Gasteiger partial charge in [0.15, 0.2) is 0 Å². The predicted molar refractivity (Wildman–Crippen MR) is 101 cm³/mol. The Kier molecular flexibility index (Phi) is 7.25. The largest absolute Gasteiger partial charge is 0.375 e. The molecule has 1 fully saturated rings. The molecular weight excluding hydrogens is 338 g/mol. The van der Waals surface area contributed by atoms with Crippen LogP contribution in [-0.4, -0.2) is 57.6 Å². The first-order valence-electron chi connectivity index (χ1n) is 8.95. The zero-order valence-electron chi connectivity index (χ0n) is 15.1. The molecule has 1 aliphatic heterocycles. The zero-order valence-corrected chi connectivity index (χ0v) is 16.0. The highest BCUT2D eigenvalue weighted by atomic mass is 32.2. The lowest BCUT2D eigenvalue weighted by Gasteiger charge is -2.31. The van der Waals surface area contributed by atoms with Crippen molar-refractivity contribution in [2.75, 3.05) is 43.9 Å². The van der Waals surface area contributed by atoms with Crippen molar-refractivity contribution in [2.45, 2.75) is 26.2 Å². The molecule has 1 amide bonds. The maximum atomic E-state index is 12.3. The Balaban J connectivity index is 1.73. The Bertz CT molecular complexity index is 649. The molecule has 1 N–H and O–H groups in total. The highest BCUT2D eigenvalue weighted by Crippen LogP contribution is 2.19. The quantitative estimate of drug-likeness (QED) is 0.710. The number of para-hydroxylation sites is 1. The van der Waals surface area contributed by atoms with Gasteiger partial charge in [0.2, 0.25) is 15.9 Å². The van der Waals surface area contributed by atoms with Gasteiger partial charge in [-0.3, -0.25) is 4.79 Å². The molecule has 1 heterocycles.